The van der Waals surface area contributed by atoms with Crippen molar-refractivity contribution in [2.45, 2.75) is 31.3 Å². The lowest BCUT2D eigenvalue weighted by molar-refractivity contribution is -0.148. The van der Waals surface area contributed by atoms with E-state index >= 15 is 0 Å². The highest BCUT2D eigenvalue weighted by molar-refractivity contribution is 5.70. The molecule has 0 spiro atoms. The Balaban J connectivity index is 2.10. The first-order chi connectivity index (χ1) is 8.54. The third-order valence-electron chi connectivity index (χ3n) is 3.18. The molecule has 5 heteroatoms. The van der Waals surface area contributed by atoms with E-state index in [1.165, 1.54) is 13.2 Å². The zero-order chi connectivity index (χ0) is 13.2. The Labute approximate surface area is 104 Å². The van der Waals surface area contributed by atoms with Crippen molar-refractivity contribution in [2.75, 3.05) is 7.11 Å². The molecule has 1 aromatic rings. The topological polar surface area (TPSA) is 35.5 Å². The number of hydrogen-bond donors (Lipinski definition) is 0. The standard InChI is InChI=1S/C13H14F2O3/c1-17-12(16)8-13(5-2-6-13)18-9-3-4-10(14)11(15)7-9/h3-4,7H,2,5-6,8H2,1H3. The van der Waals surface area contributed by atoms with Gasteiger partial charge in [0.15, 0.2) is 11.6 Å². The SMILES string of the molecule is COC(=O)CC1(Oc2ccc(F)c(F)c2)CCC1. The van der Waals surface area contributed by atoms with Crippen LogP contribution < -0.4 is 4.74 Å². The maximum atomic E-state index is 13.1. The van der Waals surface area contributed by atoms with Crippen LogP contribution in [0.15, 0.2) is 18.2 Å². The molecule has 1 aliphatic carbocycles. The van der Waals surface area contributed by atoms with Gasteiger partial charge in [-0.15, -0.1) is 0 Å². The average molecular weight is 256 g/mol. The first-order valence-electron chi connectivity index (χ1n) is 5.75. The van der Waals surface area contributed by atoms with E-state index in [4.69, 9.17) is 4.74 Å². The minimum atomic E-state index is -0.958. The molecule has 98 valence electrons. The van der Waals surface area contributed by atoms with Crippen molar-refractivity contribution in [3.63, 3.8) is 0 Å². The van der Waals surface area contributed by atoms with Gasteiger partial charge in [-0.05, 0) is 31.4 Å². The van der Waals surface area contributed by atoms with Gasteiger partial charge in [0.1, 0.15) is 11.4 Å². The van der Waals surface area contributed by atoms with Crippen LogP contribution in [0, 0.1) is 11.6 Å². The van der Waals surface area contributed by atoms with Gasteiger partial charge in [0.05, 0.1) is 13.5 Å². The molecule has 0 bridgehead atoms. The molecule has 0 unspecified atom stereocenters. The van der Waals surface area contributed by atoms with E-state index < -0.39 is 17.2 Å². The molecule has 0 aromatic heterocycles. The van der Waals surface area contributed by atoms with E-state index in [0.29, 0.717) is 12.8 Å². The fourth-order valence-corrected chi connectivity index (χ4v) is 2.01. The van der Waals surface area contributed by atoms with Crippen molar-refractivity contribution in [1.29, 1.82) is 0 Å². The number of carbonyl (C=O) groups is 1. The third-order valence-corrected chi connectivity index (χ3v) is 3.18. The quantitative estimate of drug-likeness (QED) is 0.777. The molecule has 0 saturated heterocycles. The Morgan fingerprint density at radius 1 is 1.33 bits per heavy atom. The van der Waals surface area contributed by atoms with Gasteiger partial charge < -0.3 is 9.47 Å². The number of ether oxygens (including phenoxy) is 2. The summed E-state index contributed by atoms with van der Waals surface area (Å²) in [6.07, 6.45) is 2.49. The third kappa shape index (κ3) is 2.60. The van der Waals surface area contributed by atoms with Gasteiger partial charge in [0.2, 0.25) is 0 Å². The predicted octanol–water partition coefficient (Wildman–Crippen LogP) is 2.83. The first kappa shape index (κ1) is 12.8. The number of esters is 1. The second-order valence-electron chi connectivity index (χ2n) is 4.47. The number of halogens is 2. The van der Waals surface area contributed by atoms with E-state index in [0.717, 1.165) is 18.6 Å². The Morgan fingerprint density at radius 3 is 2.56 bits per heavy atom. The normalized spacial score (nSPS) is 16.8. The fourth-order valence-electron chi connectivity index (χ4n) is 2.01. The van der Waals surface area contributed by atoms with Crippen LogP contribution in [0.1, 0.15) is 25.7 Å². The summed E-state index contributed by atoms with van der Waals surface area (Å²) in [5.41, 5.74) is -0.628. The van der Waals surface area contributed by atoms with Crippen molar-refractivity contribution < 1.29 is 23.0 Å². The largest absolute Gasteiger partial charge is 0.487 e. The molecule has 0 N–H and O–H groups in total. The second-order valence-corrected chi connectivity index (χ2v) is 4.47. The van der Waals surface area contributed by atoms with Crippen LogP contribution in [0.4, 0.5) is 8.78 Å². The highest BCUT2D eigenvalue weighted by atomic mass is 19.2. The van der Waals surface area contributed by atoms with E-state index in [9.17, 15) is 13.6 Å². The summed E-state index contributed by atoms with van der Waals surface area (Å²) in [6, 6.07) is 3.36. The van der Waals surface area contributed by atoms with Crippen LogP contribution >= 0.6 is 0 Å². The molecule has 1 aliphatic rings. The second kappa shape index (κ2) is 4.92. The smallest absolute Gasteiger partial charge is 0.309 e. The summed E-state index contributed by atoms with van der Waals surface area (Å²) in [5.74, 6) is -2.01. The number of carbonyl (C=O) groups excluding carboxylic acids is 1. The van der Waals surface area contributed by atoms with Crippen LogP contribution in [0.2, 0.25) is 0 Å². The lowest BCUT2D eigenvalue weighted by Crippen LogP contribution is -2.45. The molecule has 0 radical (unpaired) electrons. The number of benzene rings is 1. The molecule has 1 saturated carbocycles. The molecule has 1 fully saturated rings. The van der Waals surface area contributed by atoms with Gasteiger partial charge in [-0.25, -0.2) is 8.78 Å². The molecule has 0 heterocycles. The van der Waals surface area contributed by atoms with Crippen LogP contribution in [-0.2, 0) is 9.53 Å². The fraction of sp³-hybridized carbons (Fsp3) is 0.462. The van der Waals surface area contributed by atoms with Crippen molar-refractivity contribution in [3.8, 4) is 5.75 Å². The summed E-state index contributed by atoms with van der Waals surface area (Å²) in [5, 5.41) is 0. The van der Waals surface area contributed by atoms with Crippen LogP contribution in [0.25, 0.3) is 0 Å². The zero-order valence-electron chi connectivity index (χ0n) is 10.0. The number of methoxy groups -OCH3 is 1. The van der Waals surface area contributed by atoms with Crippen LogP contribution in [0.3, 0.4) is 0 Å². The van der Waals surface area contributed by atoms with Crippen LogP contribution in [-0.4, -0.2) is 18.7 Å². The molecule has 2 rings (SSSR count). The Bertz CT molecular complexity index is 456. The maximum absolute atomic E-state index is 13.1. The van der Waals surface area contributed by atoms with Crippen molar-refractivity contribution >= 4 is 5.97 Å². The molecule has 0 aliphatic heterocycles. The van der Waals surface area contributed by atoms with E-state index in [-0.39, 0.29) is 18.1 Å². The summed E-state index contributed by atoms with van der Waals surface area (Å²) in [4.78, 5) is 11.3. The highest BCUT2D eigenvalue weighted by Gasteiger charge is 2.42. The van der Waals surface area contributed by atoms with Gasteiger partial charge in [0.25, 0.3) is 0 Å². The Hall–Kier alpha value is -1.65. The number of hydrogen-bond acceptors (Lipinski definition) is 3. The summed E-state index contributed by atoms with van der Waals surface area (Å²) in [7, 11) is 1.31. The molecule has 3 nitrogen and oxygen atoms in total. The lowest BCUT2D eigenvalue weighted by Gasteiger charge is -2.41. The minimum absolute atomic E-state index is 0.127. The van der Waals surface area contributed by atoms with E-state index in [1.807, 2.05) is 0 Å². The molecular formula is C13H14F2O3. The molecule has 1 aromatic carbocycles. The Kier molecular flexibility index (Phi) is 3.50. The monoisotopic (exact) mass is 256 g/mol. The Morgan fingerprint density at radius 2 is 2.06 bits per heavy atom. The van der Waals surface area contributed by atoms with E-state index in [2.05, 4.69) is 4.74 Å². The first-order valence-corrected chi connectivity index (χ1v) is 5.75. The van der Waals surface area contributed by atoms with E-state index in [1.54, 1.807) is 0 Å². The average Bonchev–Trinajstić information content (AvgIpc) is 2.30. The zero-order valence-corrected chi connectivity index (χ0v) is 10.0. The maximum Gasteiger partial charge on any atom is 0.309 e. The molecule has 18 heavy (non-hydrogen) atoms. The predicted molar refractivity (Wildman–Crippen MR) is 60.2 cm³/mol. The summed E-state index contributed by atoms with van der Waals surface area (Å²) >= 11 is 0. The van der Waals surface area contributed by atoms with Gasteiger partial charge in [0, 0.05) is 6.07 Å². The summed E-state index contributed by atoms with van der Waals surface area (Å²) < 4.78 is 36.1. The number of rotatable bonds is 4. The van der Waals surface area contributed by atoms with Gasteiger partial charge in [-0.2, -0.15) is 0 Å². The van der Waals surface area contributed by atoms with Crippen molar-refractivity contribution in [3.05, 3.63) is 29.8 Å². The minimum Gasteiger partial charge on any atom is -0.487 e. The van der Waals surface area contributed by atoms with Gasteiger partial charge >= 0.3 is 5.97 Å². The van der Waals surface area contributed by atoms with Crippen LogP contribution in [0.5, 0.6) is 5.75 Å². The molecular weight excluding hydrogens is 242 g/mol. The molecule has 0 amide bonds. The molecule has 0 atom stereocenters. The van der Waals surface area contributed by atoms with Gasteiger partial charge in [-0.3, -0.25) is 4.79 Å². The summed E-state index contributed by atoms with van der Waals surface area (Å²) in [6.45, 7) is 0. The lowest BCUT2D eigenvalue weighted by atomic mass is 9.77. The van der Waals surface area contributed by atoms with Crippen molar-refractivity contribution in [1.82, 2.24) is 0 Å². The van der Waals surface area contributed by atoms with Crippen molar-refractivity contribution in [2.24, 2.45) is 0 Å². The highest BCUT2D eigenvalue weighted by Crippen LogP contribution is 2.39. The van der Waals surface area contributed by atoms with Gasteiger partial charge in [-0.1, -0.05) is 0 Å².